The van der Waals surface area contributed by atoms with Crippen LogP contribution < -0.4 is 9.47 Å². The summed E-state index contributed by atoms with van der Waals surface area (Å²) in [6, 6.07) is 30.4. The Morgan fingerprint density at radius 1 is 0.750 bits per heavy atom. The van der Waals surface area contributed by atoms with Crippen LogP contribution in [0.25, 0.3) is 6.08 Å². The number of aromatic carboxylic acids is 1. The molecule has 4 rings (SSSR count). The maximum absolute atomic E-state index is 13.2. The molecule has 6 nitrogen and oxygen atoms in total. The Morgan fingerprint density at radius 2 is 1.33 bits per heavy atom. The van der Waals surface area contributed by atoms with E-state index in [9.17, 15) is 9.59 Å². The van der Waals surface area contributed by atoms with Gasteiger partial charge in [0.2, 0.25) is 0 Å². The molecule has 1 amide bonds. The summed E-state index contributed by atoms with van der Waals surface area (Å²) in [5.74, 6) is 1.00. The second kappa shape index (κ2) is 11.5. The third kappa shape index (κ3) is 6.39. The van der Waals surface area contributed by atoms with E-state index in [1.54, 1.807) is 42.5 Å². The molecule has 0 saturated carbocycles. The number of methoxy groups -OCH3 is 1. The summed E-state index contributed by atoms with van der Waals surface area (Å²) in [6.45, 7) is 0.294. The van der Waals surface area contributed by atoms with Gasteiger partial charge in [-0.05, 0) is 77.9 Å². The summed E-state index contributed by atoms with van der Waals surface area (Å²) in [4.78, 5) is 26.0. The molecule has 180 valence electrons. The summed E-state index contributed by atoms with van der Waals surface area (Å²) in [5.41, 5.74) is 2.47. The lowest BCUT2D eigenvalue weighted by Gasteiger charge is -2.19. The molecule has 1 N–H and O–H groups in total. The SMILES string of the molecule is COc1ccc(Oc2ccc(C=CN(Cc3ccc(C(=O)O)cc3)C(=O)c3ccccc3)cc2)cc1. The Hall–Kier alpha value is -4.84. The van der Waals surface area contributed by atoms with Crippen molar-refractivity contribution in [2.75, 3.05) is 7.11 Å². The molecule has 0 aromatic heterocycles. The summed E-state index contributed by atoms with van der Waals surface area (Å²) in [7, 11) is 1.62. The van der Waals surface area contributed by atoms with E-state index in [4.69, 9.17) is 14.6 Å². The minimum Gasteiger partial charge on any atom is -0.497 e. The lowest BCUT2D eigenvalue weighted by Crippen LogP contribution is -2.25. The van der Waals surface area contributed by atoms with Crippen molar-refractivity contribution in [1.29, 1.82) is 0 Å². The van der Waals surface area contributed by atoms with Gasteiger partial charge in [0.15, 0.2) is 0 Å². The van der Waals surface area contributed by atoms with Gasteiger partial charge in [-0.1, -0.05) is 42.5 Å². The van der Waals surface area contributed by atoms with Crippen LogP contribution in [0, 0.1) is 0 Å². The first kappa shape index (κ1) is 24.3. The van der Waals surface area contributed by atoms with Crippen LogP contribution >= 0.6 is 0 Å². The first-order valence-electron chi connectivity index (χ1n) is 11.3. The number of nitrogens with zero attached hydrogens (tertiary/aromatic N) is 1. The highest BCUT2D eigenvalue weighted by Gasteiger charge is 2.14. The van der Waals surface area contributed by atoms with Gasteiger partial charge < -0.3 is 19.5 Å². The van der Waals surface area contributed by atoms with Gasteiger partial charge in [0.25, 0.3) is 5.91 Å². The van der Waals surface area contributed by atoms with Gasteiger partial charge in [0, 0.05) is 11.8 Å². The van der Waals surface area contributed by atoms with Gasteiger partial charge in [0.1, 0.15) is 17.2 Å². The van der Waals surface area contributed by atoms with Crippen molar-refractivity contribution in [2.45, 2.75) is 6.54 Å². The summed E-state index contributed by atoms with van der Waals surface area (Å²) in [5, 5.41) is 9.14. The lowest BCUT2D eigenvalue weighted by atomic mass is 10.1. The third-order valence-electron chi connectivity index (χ3n) is 5.46. The van der Waals surface area contributed by atoms with Gasteiger partial charge in [-0.3, -0.25) is 4.79 Å². The van der Waals surface area contributed by atoms with Crippen molar-refractivity contribution < 1.29 is 24.2 Å². The number of hydrogen-bond donors (Lipinski definition) is 1. The molecule has 0 spiro atoms. The molecule has 0 fully saturated rings. The van der Waals surface area contributed by atoms with Gasteiger partial charge >= 0.3 is 5.97 Å². The predicted octanol–water partition coefficient (Wildman–Crippen LogP) is 6.50. The Morgan fingerprint density at radius 3 is 1.92 bits per heavy atom. The Kier molecular flexibility index (Phi) is 7.78. The summed E-state index contributed by atoms with van der Waals surface area (Å²) < 4.78 is 11.0. The first-order valence-corrected chi connectivity index (χ1v) is 11.3. The number of carbonyl (C=O) groups excluding carboxylic acids is 1. The van der Waals surface area contributed by atoms with Crippen molar-refractivity contribution >= 4 is 18.0 Å². The first-order chi connectivity index (χ1) is 17.5. The highest BCUT2D eigenvalue weighted by molar-refractivity contribution is 5.95. The largest absolute Gasteiger partial charge is 0.497 e. The number of carboxylic acids is 1. The average molecular weight is 480 g/mol. The summed E-state index contributed by atoms with van der Waals surface area (Å²) >= 11 is 0. The van der Waals surface area contributed by atoms with Crippen LogP contribution in [0.15, 0.2) is 109 Å². The predicted molar refractivity (Wildman–Crippen MR) is 138 cm³/mol. The molecule has 0 aliphatic rings. The Bertz CT molecular complexity index is 1330. The quantitative estimate of drug-likeness (QED) is 0.297. The van der Waals surface area contributed by atoms with Crippen LogP contribution in [0.2, 0.25) is 0 Å². The van der Waals surface area contributed by atoms with E-state index in [1.165, 1.54) is 12.1 Å². The van der Waals surface area contributed by atoms with Crippen LogP contribution in [0.4, 0.5) is 0 Å². The number of benzene rings is 4. The van der Waals surface area contributed by atoms with Gasteiger partial charge in [-0.15, -0.1) is 0 Å². The molecule has 6 heteroatoms. The number of rotatable bonds is 9. The van der Waals surface area contributed by atoms with Crippen LogP contribution in [-0.2, 0) is 6.54 Å². The van der Waals surface area contributed by atoms with Gasteiger partial charge in [0.05, 0.1) is 19.2 Å². The fourth-order valence-electron chi connectivity index (χ4n) is 3.49. The molecule has 0 radical (unpaired) electrons. The fraction of sp³-hybridized carbons (Fsp3) is 0.0667. The summed E-state index contributed by atoms with van der Waals surface area (Å²) in [6.07, 6.45) is 3.59. The van der Waals surface area contributed by atoms with Crippen molar-refractivity contribution in [3.05, 3.63) is 132 Å². The topological polar surface area (TPSA) is 76.1 Å². The second-order valence-electron chi connectivity index (χ2n) is 7.96. The van der Waals surface area contributed by atoms with Gasteiger partial charge in [-0.2, -0.15) is 0 Å². The zero-order valence-electron chi connectivity index (χ0n) is 19.7. The van der Waals surface area contributed by atoms with Crippen LogP contribution in [0.5, 0.6) is 17.2 Å². The molecule has 0 atom stereocenters. The van der Waals surface area contributed by atoms with Gasteiger partial charge in [-0.25, -0.2) is 4.79 Å². The molecule has 0 saturated heterocycles. The zero-order valence-corrected chi connectivity index (χ0v) is 19.7. The maximum atomic E-state index is 13.2. The molecule has 0 aliphatic heterocycles. The molecule has 0 unspecified atom stereocenters. The number of amides is 1. The molecule has 36 heavy (non-hydrogen) atoms. The van der Waals surface area contributed by atoms with E-state index in [0.717, 1.165) is 16.9 Å². The molecule has 0 bridgehead atoms. The highest BCUT2D eigenvalue weighted by atomic mass is 16.5. The number of carboxylic acid groups (broad SMARTS) is 1. The molecule has 0 heterocycles. The fourth-order valence-corrected chi connectivity index (χ4v) is 3.49. The van der Waals surface area contributed by atoms with E-state index in [1.807, 2.05) is 72.8 Å². The van der Waals surface area contributed by atoms with Crippen molar-refractivity contribution in [1.82, 2.24) is 4.90 Å². The minimum atomic E-state index is -0.988. The smallest absolute Gasteiger partial charge is 0.335 e. The van der Waals surface area contributed by atoms with Crippen molar-refractivity contribution in [3.63, 3.8) is 0 Å². The molecular weight excluding hydrogens is 454 g/mol. The van der Waals surface area contributed by atoms with Crippen LogP contribution in [0.1, 0.15) is 31.8 Å². The molecule has 4 aromatic rings. The molecule has 0 aliphatic carbocycles. The van der Waals surface area contributed by atoms with E-state index in [-0.39, 0.29) is 11.5 Å². The third-order valence-corrected chi connectivity index (χ3v) is 5.46. The Labute approximate surface area is 209 Å². The molecule has 4 aromatic carbocycles. The Balaban J connectivity index is 1.50. The van der Waals surface area contributed by atoms with E-state index >= 15 is 0 Å². The second-order valence-corrected chi connectivity index (χ2v) is 7.96. The lowest BCUT2D eigenvalue weighted by molar-refractivity contribution is 0.0696. The number of carbonyl (C=O) groups is 2. The van der Waals surface area contributed by atoms with E-state index in [2.05, 4.69) is 0 Å². The monoisotopic (exact) mass is 479 g/mol. The normalized spacial score (nSPS) is 10.7. The zero-order chi connectivity index (χ0) is 25.3. The van der Waals surface area contributed by atoms with E-state index in [0.29, 0.717) is 23.6 Å². The highest BCUT2D eigenvalue weighted by Crippen LogP contribution is 2.24. The van der Waals surface area contributed by atoms with Crippen LogP contribution in [0.3, 0.4) is 0 Å². The standard InChI is InChI=1S/C30H25NO5/c1-35-26-15-17-28(18-16-26)36-27-13-9-22(10-14-27)19-20-31(29(32)24-5-3-2-4-6-24)21-23-7-11-25(12-8-23)30(33)34/h2-20H,21H2,1H3,(H,33,34). The number of ether oxygens (including phenoxy) is 2. The molecular formula is C30H25NO5. The van der Waals surface area contributed by atoms with Crippen molar-refractivity contribution in [3.8, 4) is 17.2 Å². The number of hydrogen-bond acceptors (Lipinski definition) is 4. The van der Waals surface area contributed by atoms with Crippen LogP contribution in [-0.4, -0.2) is 29.0 Å². The van der Waals surface area contributed by atoms with E-state index < -0.39 is 5.97 Å². The maximum Gasteiger partial charge on any atom is 0.335 e. The van der Waals surface area contributed by atoms with Crippen molar-refractivity contribution in [2.24, 2.45) is 0 Å². The minimum absolute atomic E-state index is 0.159. The average Bonchev–Trinajstić information content (AvgIpc) is 2.92.